The molecule has 252 valence electrons. The van der Waals surface area contributed by atoms with Crippen LogP contribution in [0.25, 0.3) is 11.1 Å². The lowest BCUT2D eigenvalue weighted by Gasteiger charge is -2.31. The molecule has 5 rings (SSSR count). The van der Waals surface area contributed by atoms with Crippen molar-refractivity contribution in [3.05, 3.63) is 77.6 Å². The van der Waals surface area contributed by atoms with Crippen LogP contribution in [0.5, 0.6) is 5.75 Å². The number of hydrogen-bond donors (Lipinski definition) is 3. The number of benzene rings is 3. The van der Waals surface area contributed by atoms with Gasteiger partial charge < -0.3 is 15.4 Å². The number of alkyl halides is 3. The zero-order valence-corrected chi connectivity index (χ0v) is 26.5. The second kappa shape index (κ2) is 12.9. The molecule has 4 unspecified atom stereocenters. The number of fused-ring (bicyclic) bond motifs is 2. The van der Waals surface area contributed by atoms with E-state index in [1.807, 2.05) is 0 Å². The zero-order valence-electron chi connectivity index (χ0n) is 24.9. The zero-order chi connectivity index (χ0) is 34.3. The van der Waals surface area contributed by atoms with Gasteiger partial charge in [-0.2, -0.15) is 13.2 Å². The Balaban J connectivity index is 1.37. The van der Waals surface area contributed by atoms with E-state index in [0.29, 0.717) is 24.0 Å². The molecule has 0 saturated heterocycles. The Hall–Kier alpha value is -4.02. The molecule has 3 aromatic rings. The number of sulfonamides is 1. The van der Waals surface area contributed by atoms with Gasteiger partial charge in [0.05, 0.1) is 29.2 Å². The van der Waals surface area contributed by atoms with E-state index >= 15 is 4.39 Å². The number of halogens is 4. The number of nitrogens with two attached hydrogens (primary N) is 1. The highest BCUT2D eigenvalue weighted by Gasteiger charge is 2.52. The van der Waals surface area contributed by atoms with E-state index < -0.39 is 59.9 Å². The molecule has 2 saturated carbocycles. The average molecular weight is 698 g/mol. The minimum atomic E-state index is -5.64. The summed E-state index contributed by atoms with van der Waals surface area (Å²) in [6.45, 7) is 0. The van der Waals surface area contributed by atoms with Crippen LogP contribution in [-0.4, -0.2) is 53.1 Å². The first-order chi connectivity index (χ1) is 22.0. The third kappa shape index (κ3) is 7.28. The molecule has 2 amide bonds. The van der Waals surface area contributed by atoms with Crippen molar-refractivity contribution in [1.82, 2.24) is 5.32 Å². The number of carbonyl (C=O) groups is 2. The van der Waals surface area contributed by atoms with E-state index in [1.165, 1.54) is 19.2 Å². The average Bonchev–Trinajstić information content (AvgIpc) is 3.61. The lowest BCUT2D eigenvalue weighted by Crippen LogP contribution is -2.48. The first-order valence-electron chi connectivity index (χ1n) is 14.5. The van der Waals surface area contributed by atoms with Crippen LogP contribution in [0.4, 0.5) is 23.2 Å². The number of rotatable bonds is 10. The molecular formula is C31H31F4N3O7S2. The van der Waals surface area contributed by atoms with E-state index in [1.54, 1.807) is 24.3 Å². The van der Waals surface area contributed by atoms with Crippen molar-refractivity contribution in [1.29, 1.82) is 0 Å². The quantitative estimate of drug-likeness (QED) is 0.265. The molecule has 47 heavy (non-hydrogen) atoms. The van der Waals surface area contributed by atoms with Crippen LogP contribution in [0.15, 0.2) is 65.6 Å². The van der Waals surface area contributed by atoms with Gasteiger partial charge in [-0.1, -0.05) is 30.3 Å². The van der Waals surface area contributed by atoms with Gasteiger partial charge in [-0.15, -0.1) is 0 Å². The molecule has 2 aliphatic carbocycles. The summed E-state index contributed by atoms with van der Waals surface area (Å²) in [5.74, 6) is -3.19. The van der Waals surface area contributed by atoms with Crippen molar-refractivity contribution in [3.63, 3.8) is 0 Å². The maximum Gasteiger partial charge on any atom is 0.501 e. The normalized spacial score (nSPS) is 21.0. The third-order valence-electron chi connectivity index (χ3n) is 8.71. The number of primary sulfonamides is 1. The molecule has 2 bridgehead atoms. The van der Waals surface area contributed by atoms with Crippen LogP contribution in [0, 0.1) is 23.6 Å². The molecular weight excluding hydrogens is 666 g/mol. The number of methoxy groups -OCH3 is 1. The summed E-state index contributed by atoms with van der Waals surface area (Å²) in [5.41, 5.74) is -4.53. The minimum Gasteiger partial charge on any atom is -0.496 e. The Morgan fingerprint density at radius 1 is 0.979 bits per heavy atom. The lowest BCUT2D eigenvalue weighted by molar-refractivity contribution is -0.122. The highest BCUT2D eigenvalue weighted by molar-refractivity contribution is 7.92. The maximum atomic E-state index is 15.2. The SMILES string of the molecule is COc1cc(F)c(-c2ccc(CCS(N)(=O)=O)cc2)cc1C(=O)NC1C2CCC(C2)C1C(=O)Nc1cccc(S(=O)(=O)C(F)(F)F)c1. The first-order valence-corrected chi connectivity index (χ1v) is 17.7. The Morgan fingerprint density at radius 2 is 1.66 bits per heavy atom. The Kier molecular flexibility index (Phi) is 9.41. The second-order valence-corrected chi connectivity index (χ2v) is 15.3. The largest absolute Gasteiger partial charge is 0.501 e. The molecule has 0 heterocycles. The molecule has 3 aromatic carbocycles. The molecule has 2 fully saturated rings. The van der Waals surface area contributed by atoms with Crippen molar-refractivity contribution in [2.75, 3.05) is 18.2 Å². The summed E-state index contributed by atoms with van der Waals surface area (Å²) < 4.78 is 106. The van der Waals surface area contributed by atoms with Crippen LogP contribution in [0.1, 0.15) is 35.2 Å². The van der Waals surface area contributed by atoms with Crippen molar-refractivity contribution >= 4 is 37.4 Å². The van der Waals surface area contributed by atoms with E-state index in [9.17, 15) is 39.6 Å². The van der Waals surface area contributed by atoms with Gasteiger partial charge in [0.2, 0.25) is 15.9 Å². The Morgan fingerprint density at radius 3 is 2.30 bits per heavy atom. The number of sulfone groups is 1. The molecule has 0 radical (unpaired) electrons. The van der Waals surface area contributed by atoms with Crippen LogP contribution < -0.4 is 20.5 Å². The van der Waals surface area contributed by atoms with Crippen LogP contribution in [0.3, 0.4) is 0 Å². The highest BCUT2D eigenvalue weighted by Crippen LogP contribution is 2.49. The van der Waals surface area contributed by atoms with Gasteiger partial charge in [-0.3, -0.25) is 9.59 Å². The number of carbonyl (C=O) groups excluding carboxylic acids is 2. The van der Waals surface area contributed by atoms with Gasteiger partial charge in [-0.05, 0) is 72.9 Å². The van der Waals surface area contributed by atoms with Gasteiger partial charge in [0.1, 0.15) is 11.6 Å². The van der Waals surface area contributed by atoms with Gasteiger partial charge in [0.25, 0.3) is 15.7 Å². The predicted molar refractivity (Wildman–Crippen MR) is 164 cm³/mol. The predicted octanol–water partition coefficient (Wildman–Crippen LogP) is 4.41. The number of amides is 2. The smallest absolute Gasteiger partial charge is 0.496 e. The standard InChI is InChI=1S/C31H31F4N3O7S2/c1-45-26-16-25(32)23(18-7-5-17(6-8-18)11-12-46(36,41)42)15-24(26)29(39)38-28-20-10-9-19(13-20)27(28)30(40)37-21-3-2-4-22(14-21)47(43,44)31(33,34)35/h2-8,14-16,19-20,27-28H,9-13H2,1H3,(H,37,40)(H,38,39)(H2,36,41,42). The van der Waals surface area contributed by atoms with E-state index in [2.05, 4.69) is 10.6 Å². The van der Waals surface area contributed by atoms with Crippen molar-refractivity contribution in [2.45, 2.75) is 42.1 Å². The molecule has 2 aliphatic rings. The fraction of sp³-hybridized carbons (Fsp3) is 0.355. The molecule has 10 nitrogen and oxygen atoms in total. The number of hydrogen-bond acceptors (Lipinski definition) is 7. The first kappa shape index (κ1) is 34.3. The highest BCUT2D eigenvalue weighted by atomic mass is 32.2. The van der Waals surface area contributed by atoms with Crippen LogP contribution in [-0.2, 0) is 31.1 Å². The summed E-state index contributed by atoms with van der Waals surface area (Å²) >= 11 is 0. The molecule has 4 N–H and O–H groups in total. The number of anilines is 1. The minimum absolute atomic E-state index is 0.00538. The molecule has 0 aromatic heterocycles. The lowest BCUT2D eigenvalue weighted by atomic mass is 9.83. The number of ether oxygens (including phenoxy) is 1. The second-order valence-electron chi connectivity index (χ2n) is 11.7. The fourth-order valence-corrected chi connectivity index (χ4v) is 7.77. The van der Waals surface area contributed by atoms with Gasteiger partial charge >= 0.3 is 5.51 Å². The van der Waals surface area contributed by atoms with Crippen molar-refractivity contribution in [3.8, 4) is 16.9 Å². The summed E-state index contributed by atoms with van der Waals surface area (Å²) in [6, 6.07) is 12.0. The molecule has 0 aliphatic heterocycles. The maximum absolute atomic E-state index is 15.2. The van der Waals surface area contributed by atoms with E-state index in [-0.39, 0.29) is 46.6 Å². The molecule has 4 atom stereocenters. The Bertz CT molecular complexity index is 1920. The number of nitrogens with one attached hydrogen (secondary N) is 2. The van der Waals surface area contributed by atoms with Crippen molar-refractivity contribution < 1.29 is 48.7 Å². The van der Waals surface area contributed by atoms with Crippen molar-refractivity contribution in [2.24, 2.45) is 22.9 Å². The summed E-state index contributed by atoms with van der Waals surface area (Å²) in [4.78, 5) is 26.1. The van der Waals surface area contributed by atoms with Gasteiger partial charge in [-0.25, -0.2) is 26.4 Å². The van der Waals surface area contributed by atoms with Crippen LogP contribution in [0.2, 0.25) is 0 Å². The van der Waals surface area contributed by atoms with E-state index in [4.69, 9.17) is 9.88 Å². The topological polar surface area (TPSA) is 162 Å². The van der Waals surface area contributed by atoms with Crippen LogP contribution >= 0.6 is 0 Å². The fourth-order valence-electron chi connectivity index (χ4n) is 6.44. The van der Waals surface area contributed by atoms with E-state index in [0.717, 1.165) is 30.7 Å². The number of aryl methyl sites for hydroxylation is 1. The van der Waals surface area contributed by atoms with Gasteiger partial charge in [0, 0.05) is 23.4 Å². The summed E-state index contributed by atoms with van der Waals surface area (Å²) in [7, 11) is -8.03. The molecule has 16 heteroatoms. The third-order valence-corrected chi connectivity index (χ3v) is 11.0. The Labute approximate surface area is 268 Å². The summed E-state index contributed by atoms with van der Waals surface area (Å²) in [5, 5.41) is 10.5. The summed E-state index contributed by atoms with van der Waals surface area (Å²) in [6.07, 6.45) is 2.19. The van der Waals surface area contributed by atoms with Gasteiger partial charge in [0.15, 0.2) is 0 Å². The monoisotopic (exact) mass is 697 g/mol. The molecule has 0 spiro atoms.